The molecule has 21 heavy (non-hydrogen) atoms. The molecule has 1 aromatic heterocycles. The molecule has 1 aliphatic heterocycles. The third-order valence-corrected chi connectivity index (χ3v) is 4.44. The van der Waals surface area contributed by atoms with E-state index in [9.17, 15) is 4.79 Å². The lowest BCUT2D eigenvalue weighted by molar-refractivity contribution is -0.134. The predicted octanol–water partition coefficient (Wildman–Crippen LogP) is 2.82. The molecule has 1 fully saturated rings. The summed E-state index contributed by atoms with van der Waals surface area (Å²) in [4.78, 5) is 18.5. The van der Waals surface area contributed by atoms with E-state index in [-0.39, 0.29) is 11.2 Å². The van der Waals surface area contributed by atoms with Gasteiger partial charge in [-0.05, 0) is 25.1 Å². The average Bonchev–Trinajstić information content (AvgIpc) is 2.88. The summed E-state index contributed by atoms with van der Waals surface area (Å²) < 4.78 is 10.9. The first-order valence-corrected chi connectivity index (χ1v) is 7.98. The Morgan fingerprint density at radius 1 is 1.43 bits per heavy atom. The van der Waals surface area contributed by atoms with Crippen LogP contribution in [0.2, 0.25) is 5.02 Å². The van der Waals surface area contributed by atoms with Crippen molar-refractivity contribution < 1.29 is 13.9 Å². The van der Waals surface area contributed by atoms with E-state index >= 15 is 0 Å². The molecular weight excluding hydrogens is 312 g/mol. The number of hydrogen-bond donors (Lipinski definition) is 0. The zero-order chi connectivity index (χ0) is 14.8. The monoisotopic (exact) mass is 326 g/mol. The summed E-state index contributed by atoms with van der Waals surface area (Å²) >= 11 is 7.25. The van der Waals surface area contributed by atoms with Crippen LogP contribution in [0.25, 0.3) is 11.1 Å². The Morgan fingerprint density at radius 2 is 2.19 bits per heavy atom. The van der Waals surface area contributed by atoms with Gasteiger partial charge < -0.3 is 14.1 Å². The van der Waals surface area contributed by atoms with Crippen molar-refractivity contribution in [2.45, 2.75) is 17.4 Å². The number of fused-ring (bicyclic) bond motifs is 1. The van der Waals surface area contributed by atoms with Crippen molar-refractivity contribution in [2.75, 3.05) is 26.3 Å². The van der Waals surface area contributed by atoms with Gasteiger partial charge in [-0.15, -0.1) is 0 Å². The smallest absolute Gasteiger partial charge is 0.257 e. The number of ether oxygens (including phenoxy) is 1. The molecule has 1 aromatic carbocycles. The van der Waals surface area contributed by atoms with Gasteiger partial charge in [0, 0.05) is 18.1 Å². The minimum absolute atomic E-state index is 0.0867. The van der Waals surface area contributed by atoms with Crippen molar-refractivity contribution in [1.82, 2.24) is 9.88 Å². The highest BCUT2D eigenvalue weighted by Crippen LogP contribution is 2.29. The molecule has 0 spiro atoms. The second kappa shape index (κ2) is 6.25. The van der Waals surface area contributed by atoms with Crippen molar-refractivity contribution in [3.63, 3.8) is 0 Å². The first kappa shape index (κ1) is 14.7. The van der Waals surface area contributed by atoms with Crippen LogP contribution < -0.4 is 0 Å². The SMILES string of the molecule is C[C@@H](Sc1nc2cc(Cl)ccc2o1)C(=O)N1CCOCC1. The highest BCUT2D eigenvalue weighted by molar-refractivity contribution is 8.00. The molecule has 112 valence electrons. The third kappa shape index (κ3) is 3.33. The quantitative estimate of drug-likeness (QED) is 0.812. The summed E-state index contributed by atoms with van der Waals surface area (Å²) in [6.45, 7) is 4.36. The number of hydrogen-bond acceptors (Lipinski definition) is 5. The lowest BCUT2D eigenvalue weighted by Gasteiger charge is -2.28. The van der Waals surface area contributed by atoms with Crippen LogP contribution in [0, 0.1) is 0 Å². The summed E-state index contributed by atoms with van der Waals surface area (Å²) in [5.74, 6) is 0.0867. The maximum Gasteiger partial charge on any atom is 0.257 e. The first-order valence-electron chi connectivity index (χ1n) is 6.73. The van der Waals surface area contributed by atoms with Gasteiger partial charge in [-0.2, -0.15) is 0 Å². The molecule has 3 rings (SSSR count). The molecule has 0 radical (unpaired) electrons. The number of rotatable bonds is 3. The Morgan fingerprint density at radius 3 is 2.95 bits per heavy atom. The van der Waals surface area contributed by atoms with E-state index in [0.717, 1.165) is 0 Å². The van der Waals surface area contributed by atoms with Gasteiger partial charge in [0.2, 0.25) is 5.91 Å². The van der Waals surface area contributed by atoms with E-state index in [2.05, 4.69) is 4.98 Å². The number of aromatic nitrogens is 1. The van der Waals surface area contributed by atoms with Gasteiger partial charge in [0.05, 0.1) is 18.5 Å². The van der Waals surface area contributed by atoms with Gasteiger partial charge >= 0.3 is 0 Å². The molecule has 1 saturated heterocycles. The van der Waals surface area contributed by atoms with Crippen LogP contribution in [0.4, 0.5) is 0 Å². The van der Waals surface area contributed by atoms with Crippen LogP contribution in [0.15, 0.2) is 27.8 Å². The molecule has 5 nitrogen and oxygen atoms in total. The molecule has 1 amide bonds. The fourth-order valence-electron chi connectivity index (χ4n) is 2.17. The number of amides is 1. The van der Waals surface area contributed by atoms with Gasteiger partial charge in [0.1, 0.15) is 5.52 Å². The van der Waals surface area contributed by atoms with E-state index in [1.165, 1.54) is 11.8 Å². The predicted molar refractivity (Wildman–Crippen MR) is 81.7 cm³/mol. The fraction of sp³-hybridized carbons (Fsp3) is 0.429. The highest BCUT2D eigenvalue weighted by atomic mass is 35.5. The maximum atomic E-state index is 12.3. The van der Waals surface area contributed by atoms with E-state index in [0.29, 0.717) is 47.6 Å². The minimum atomic E-state index is -0.244. The Labute approximate surface area is 131 Å². The highest BCUT2D eigenvalue weighted by Gasteiger charge is 2.24. The largest absolute Gasteiger partial charge is 0.431 e. The molecule has 1 atom stereocenters. The van der Waals surface area contributed by atoms with Crippen molar-refractivity contribution in [2.24, 2.45) is 0 Å². The van der Waals surface area contributed by atoms with Crippen LogP contribution in [0.3, 0.4) is 0 Å². The Hall–Kier alpha value is -1.24. The van der Waals surface area contributed by atoms with Crippen molar-refractivity contribution in [3.05, 3.63) is 23.2 Å². The van der Waals surface area contributed by atoms with Crippen LogP contribution in [0.5, 0.6) is 0 Å². The van der Waals surface area contributed by atoms with Crippen LogP contribution in [-0.4, -0.2) is 47.3 Å². The molecule has 0 unspecified atom stereocenters. The van der Waals surface area contributed by atoms with Gasteiger partial charge in [0.15, 0.2) is 5.58 Å². The number of carbonyl (C=O) groups excluding carboxylic acids is 1. The molecule has 1 aliphatic rings. The number of benzene rings is 1. The Kier molecular flexibility index (Phi) is 4.37. The molecule has 0 saturated carbocycles. The second-order valence-electron chi connectivity index (χ2n) is 4.79. The second-order valence-corrected chi connectivity index (χ2v) is 6.52. The minimum Gasteiger partial charge on any atom is -0.431 e. The number of oxazole rings is 1. The molecule has 0 N–H and O–H groups in total. The summed E-state index contributed by atoms with van der Waals surface area (Å²) in [7, 11) is 0. The van der Waals surface area contributed by atoms with E-state index < -0.39 is 0 Å². The van der Waals surface area contributed by atoms with Gasteiger partial charge in [-0.1, -0.05) is 23.4 Å². The van der Waals surface area contributed by atoms with Gasteiger partial charge in [-0.3, -0.25) is 4.79 Å². The normalized spacial score (nSPS) is 17.1. The summed E-state index contributed by atoms with van der Waals surface area (Å²) in [5, 5.41) is 0.859. The first-order chi connectivity index (χ1) is 10.1. The third-order valence-electron chi connectivity index (χ3n) is 3.28. The van der Waals surface area contributed by atoms with Crippen molar-refractivity contribution >= 4 is 40.4 Å². The summed E-state index contributed by atoms with van der Waals surface area (Å²) in [6, 6.07) is 5.29. The number of halogens is 1. The summed E-state index contributed by atoms with van der Waals surface area (Å²) in [6.07, 6.45) is 0. The van der Waals surface area contributed by atoms with Crippen molar-refractivity contribution in [1.29, 1.82) is 0 Å². The van der Waals surface area contributed by atoms with Crippen LogP contribution >= 0.6 is 23.4 Å². The Bertz CT molecular complexity index is 655. The molecule has 0 aliphatic carbocycles. The maximum absolute atomic E-state index is 12.3. The van der Waals surface area contributed by atoms with Gasteiger partial charge in [0.25, 0.3) is 5.22 Å². The Balaban J connectivity index is 1.70. The van der Waals surface area contributed by atoms with E-state index in [1.807, 2.05) is 11.8 Å². The van der Waals surface area contributed by atoms with Crippen molar-refractivity contribution in [3.8, 4) is 0 Å². The zero-order valence-corrected chi connectivity index (χ0v) is 13.1. The van der Waals surface area contributed by atoms with Crippen LogP contribution in [-0.2, 0) is 9.53 Å². The lowest BCUT2D eigenvalue weighted by Crippen LogP contribution is -2.44. The number of carbonyl (C=O) groups is 1. The standard InChI is InChI=1S/C14H15ClN2O3S/c1-9(13(18)17-4-6-19-7-5-17)21-14-16-11-8-10(15)2-3-12(11)20-14/h2-3,8-9H,4-7H2,1H3/t9-/m1/s1. The zero-order valence-electron chi connectivity index (χ0n) is 11.5. The van der Waals surface area contributed by atoms with Gasteiger partial charge in [-0.25, -0.2) is 4.98 Å². The number of nitrogens with zero attached hydrogens (tertiary/aromatic N) is 2. The average molecular weight is 327 g/mol. The molecule has 2 heterocycles. The molecule has 0 bridgehead atoms. The molecule has 7 heteroatoms. The molecule has 2 aromatic rings. The van der Waals surface area contributed by atoms with E-state index in [4.69, 9.17) is 20.8 Å². The number of thioether (sulfide) groups is 1. The lowest BCUT2D eigenvalue weighted by atomic mass is 10.3. The van der Waals surface area contributed by atoms with E-state index in [1.54, 1.807) is 18.2 Å². The summed E-state index contributed by atoms with van der Waals surface area (Å²) in [5.41, 5.74) is 1.38. The molecular formula is C14H15ClN2O3S. The fourth-order valence-corrected chi connectivity index (χ4v) is 3.18. The number of morpholine rings is 1. The topological polar surface area (TPSA) is 55.6 Å². The van der Waals surface area contributed by atoms with Crippen LogP contribution in [0.1, 0.15) is 6.92 Å².